The Morgan fingerprint density at radius 2 is 2.38 bits per heavy atom. The molecule has 0 aromatic heterocycles. The molecule has 1 unspecified atom stereocenters. The molecule has 1 heterocycles. The van der Waals surface area contributed by atoms with Gasteiger partial charge in [-0.2, -0.15) is 0 Å². The van der Waals surface area contributed by atoms with Gasteiger partial charge in [-0.1, -0.05) is 11.6 Å². The van der Waals surface area contributed by atoms with Crippen LogP contribution in [-0.2, 0) is 0 Å². The molecule has 1 aromatic rings. The first kappa shape index (κ1) is 12.2. The average Bonchev–Trinajstić information content (AvgIpc) is 2.32. The fraction of sp³-hybridized carbons (Fsp3) is 0.500. The van der Waals surface area contributed by atoms with Crippen molar-refractivity contribution in [2.24, 2.45) is 5.92 Å². The third-order valence-corrected chi connectivity index (χ3v) is 4.15. The van der Waals surface area contributed by atoms with Crippen molar-refractivity contribution in [1.82, 2.24) is 5.32 Å². The third kappa shape index (κ3) is 3.37. The summed E-state index contributed by atoms with van der Waals surface area (Å²) < 4.78 is 0.944. The first-order valence-corrected chi connectivity index (χ1v) is 6.82. The van der Waals surface area contributed by atoms with Crippen molar-refractivity contribution in [3.05, 3.63) is 27.7 Å². The molecule has 1 saturated heterocycles. The molecule has 2 nitrogen and oxygen atoms in total. The van der Waals surface area contributed by atoms with Crippen molar-refractivity contribution in [3.8, 4) is 0 Å². The van der Waals surface area contributed by atoms with Crippen LogP contribution in [0.4, 0.5) is 5.69 Å². The van der Waals surface area contributed by atoms with Crippen LogP contribution in [0, 0.1) is 5.92 Å². The molecule has 1 fully saturated rings. The molecule has 0 spiro atoms. The van der Waals surface area contributed by atoms with Crippen LogP contribution in [0.25, 0.3) is 0 Å². The van der Waals surface area contributed by atoms with Crippen LogP contribution in [0.1, 0.15) is 12.8 Å². The van der Waals surface area contributed by atoms with E-state index in [1.165, 1.54) is 19.4 Å². The lowest BCUT2D eigenvalue weighted by Gasteiger charge is -2.23. The molecule has 1 aromatic carbocycles. The van der Waals surface area contributed by atoms with Crippen molar-refractivity contribution in [2.45, 2.75) is 12.8 Å². The van der Waals surface area contributed by atoms with E-state index in [0.29, 0.717) is 0 Å². The number of halogens is 2. The topological polar surface area (TPSA) is 24.1 Å². The Morgan fingerprint density at radius 3 is 3.06 bits per heavy atom. The van der Waals surface area contributed by atoms with Crippen LogP contribution >= 0.6 is 27.5 Å². The SMILES string of the molecule is Clc1cc(NCC2CCCNC2)ccc1Br. The molecule has 16 heavy (non-hydrogen) atoms. The second-order valence-electron chi connectivity index (χ2n) is 4.22. The highest BCUT2D eigenvalue weighted by Crippen LogP contribution is 2.25. The predicted molar refractivity (Wildman–Crippen MR) is 73.2 cm³/mol. The van der Waals surface area contributed by atoms with Gasteiger partial charge in [-0.15, -0.1) is 0 Å². The van der Waals surface area contributed by atoms with Crippen LogP contribution < -0.4 is 10.6 Å². The molecular weight excluding hydrogens is 288 g/mol. The second-order valence-corrected chi connectivity index (χ2v) is 5.48. The summed E-state index contributed by atoms with van der Waals surface area (Å²) in [5, 5.41) is 7.61. The molecule has 88 valence electrons. The van der Waals surface area contributed by atoms with E-state index in [-0.39, 0.29) is 0 Å². The maximum absolute atomic E-state index is 6.04. The van der Waals surface area contributed by atoms with Gasteiger partial charge in [-0.25, -0.2) is 0 Å². The number of hydrogen-bond acceptors (Lipinski definition) is 2. The number of hydrogen-bond donors (Lipinski definition) is 2. The zero-order valence-corrected chi connectivity index (χ0v) is 11.4. The highest BCUT2D eigenvalue weighted by Gasteiger charge is 2.12. The van der Waals surface area contributed by atoms with E-state index in [9.17, 15) is 0 Å². The third-order valence-electron chi connectivity index (χ3n) is 2.91. The van der Waals surface area contributed by atoms with Gasteiger partial charge >= 0.3 is 0 Å². The summed E-state index contributed by atoms with van der Waals surface area (Å²) in [7, 11) is 0. The van der Waals surface area contributed by atoms with Crippen molar-refractivity contribution >= 4 is 33.2 Å². The van der Waals surface area contributed by atoms with Gasteiger partial charge in [0.25, 0.3) is 0 Å². The Hall–Kier alpha value is -0.250. The zero-order valence-electron chi connectivity index (χ0n) is 9.10. The lowest BCUT2D eigenvalue weighted by Crippen LogP contribution is -2.33. The normalized spacial score (nSPS) is 20.8. The van der Waals surface area contributed by atoms with E-state index in [1.807, 2.05) is 18.2 Å². The maximum Gasteiger partial charge on any atom is 0.0568 e. The number of benzene rings is 1. The fourth-order valence-electron chi connectivity index (χ4n) is 1.97. The lowest BCUT2D eigenvalue weighted by molar-refractivity contribution is 0.393. The highest BCUT2D eigenvalue weighted by atomic mass is 79.9. The predicted octanol–water partition coefficient (Wildman–Crippen LogP) is 3.51. The summed E-state index contributed by atoms with van der Waals surface area (Å²) in [5.74, 6) is 0.733. The van der Waals surface area contributed by atoms with Crippen molar-refractivity contribution in [3.63, 3.8) is 0 Å². The molecule has 0 radical (unpaired) electrons. The largest absolute Gasteiger partial charge is 0.385 e. The minimum Gasteiger partial charge on any atom is -0.385 e. The summed E-state index contributed by atoms with van der Waals surface area (Å²) in [6, 6.07) is 5.98. The molecular formula is C12H16BrClN2. The summed E-state index contributed by atoms with van der Waals surface area (Å²) in [5.41, 5.74) is 1.10. The van der Waals surface area contributed by atoms with Gasteiger partial charge in [-0.05, 0) is 66.0 Å². The smallest absolute Gasteiger partial charge is 0.0568 e. The minimum atomic E-state index is 0.733. The fourth-order valence-corrected chi connectivity index (χ4v) is 2.39. The van der Waals surface area contributed by atoms with Crippen molar-refractivity contribution < 1.29 is 0 Å². The van der Waals surface area contributed by atoms with Crippen LogP contribution in [0.2, 0.25) is 5.02 Å². The van der Waals surface area contributed by atoms with Crippen LogP contribution in [0.5, 0.6) is 0 Å². The standard InChI is InChI=1S/C12H16BrClN2/c13-11-4-3-10(6-12(11)14)16-8-9-2-1-5-15-7-9/h3-4,6,9,15-16H,1-2,5,7-8H2. The summed E-state index contributed by atoms with van der Waals surface area (Å²) in [6.45, 7) is 3.31. The minimum absolute atomic E-state index is 0.733. The first-order valence-electron chi connectivity index (χ1n) is 5.65. The molecule has 0 bridgehead atoms. The van der Waals surface area contributed by atoms with Gasteiger partial charge < -0.3 is 10.6 Å². The molecule has 0 saturated carbocycles. The van der Waals surface area contributed by atoms with E-state index in [0.717, 1.165) is 34.2 Å². The molecule has 1 aliphatic heterocycles. The molecule has 1 aliphatic rings. The molecule has 2 rings (SSSR count). The molecule has 1 atom stereocenters. The molecule has 0 amide bonds. The van der Waals surface area contributed by atoms with E-state index >= 15 is 0 Å². The molecule has 2 N–H and O–H groups in total. The Labute approximate surface area is 110 Å². The van der Waals surface area contributed by atoms with Crippen molar-refractivity contribution in [2.75, 3.05) is 25.0 Å². The van der Waals surface area contributed by atoms with Crippen LogP contribution in [-0.4, -0.2) is 19.6 Å². The number of nitrogens with one attached hydrogen (secondary N) is 2. The quantitative estimate of drug-likeness (QED) is 0.893. The van der Waals surface area contributed by atoms with Gasteiger partial charge in [-0.3, -0.25) is 0 Å². The number of rotatable bonds is 3. The van der Waals surface area contributed by atoms with Crippen LogP contribution in [0.3, 0.4) is 0 Å². The van der Waals surface area contributed by atoms with Gasteiger partial charge in [0.1, 0.15) is 0 Å². The maximum atomic E-state index is 6.04. The van der Waals surface area contributed by atoms with Gasteiger partial charge in [0.05, 0.1) is 5.02 Å². The Kier molecular flexibility index (Phi) is 4.50. The Morgan fingerprint density at radius 1 is 1.50 bits per heavy atom. The van der Waals surface area contributed by atoms with E-state index < -0.39 is 0 Å². The second kappa shape index (κ2) is 5.89. The zero-order chi connectivity index (χ0) is 11.4. The van der Waals surface area contributed by atoms with Crippen LogP contribution in [0.15, 0.2) is 22.7 Å². The summed E-state index contributed by atoms with van der Waals surface area (Å²) in [4.78, 5) is 0. The van der Waals surface area contributed by atoms with E-state index in [2.05, 4.69) is 26.6 Å². The van der Waals surface area contributed by atoms with Gasteiger partial charge in [0.2, 0.25) is 0 Å². The molecule has 4 heteroatoms. The highest BCUT2D eigenvalue weighted by molar-refractivity contribution is 9.10. The van der Waals surface area contributed by atoms with Gasteiger partial charge in [0, 0.05) is 16.7 Å². The Bertz CT molecular complexity index is 351. The van der Waals surface area contributed by atoms with Gasteiger partial charge in [0.15, 0.2) is 0 Å². The number of piperidine rings is 1. The number of anilines is 1. The lowest BCUT2D eigenvalue weighted by atomic mass is 10.00. The van der Waals surface area contributed by atoms with Crippen molar-refractivity contribution in [1.29, 1.82) is 0 Å². The molecule has 0 aliphatic carbocycles. The first-order chi connectivity index (χ1) is 7.75. The monoisotopic (exact) mass is 302 g/mol. The van der Waals surface area contributed by atoms with E-state index in [1.54, 1.807) is 0 Å². The average molecular weight is 304 g/mol. The van der Waals surface area contributed by atoms with E-state index in [4.69, 9.17) is 11.6 Å². The summed E-state index contributed by atoms with van der Waals surface area (Å²) in [6.07, 6.45) is 2.59. The summed E-state index contributed by atoms with van der Waals surface area (Å²) >= 11 is 9.42. The Balaban J connectivity index is 1.86.